The van der Waals surface area contributed by atoms with E-state index in [1.165, 1.54) is 4.68 Å². The number of para-hydroxylation sites is 1. The topological polar surface area (TPSA) is 76.9 Å². The van der Waals surface area contributed by atoms with E-state index >= 15 is 0 Å². The molecular weight excluding hydrogens is 292 g/mol. The van der Waals surface area contributed by atoms with Gasteiger partial charge in [-0.1, -0.05) is 37.3 Å². The van der Waals surface area contributed by atoms with E-state index in [1.807, 2.05) is 18.2 Å². The quantitative estimate of drug-likeness (QED) is 0.832. The maximum atomic E-state index is 12.6. The maximum Gasteiger partial charge on any atom is 0.249 e. The summed E-state index contributed by atoms with van der Waals surface area (Å²) in [5, 5.41) is 10.7. The lowest BCUT2D eigenvalue weighted by molar-refractivity contribution is -0.119. The van der Waals surface area contributed by atoms with Gasteiger partial charge in [-0.2, -0.15) is 0 Å². The van der Waals surface area contributed by atoms with E-state index < -0.39 is 6.04 Å². The van der Waals surface area contributed by atoms with Crippen LogP contribution in [0, 0.1) is 6.92 Å². The molecule has 1 atom stereocenters. The molecule has 0 spiro atoms. The molecule has 0 radical (unpaired) electrons. The van der Waals surface area contributed by atoms with Crippen LogP contribution in [0.3, 0.4) is 0 Å². The highest BCUT2D eigenvalue weighted by atomic mass is 16.2. The fourth-order valence-electron chi connectivity index (χ4n) is 2.57. The SMILES string of the molecule is CCc1cccc(CC)c1NC(=O)C(C)n1nnc(C=O)c1C. The molecule has 0 aliphatic carbocycles. The molecule has 2 rings (SSSR count). The second-order valence-electron chi connectivity index (χ2n) is 5.45. The summed E-state index contributed by atoms with van der Waals surface area (Å²) < 4.78 is 1.47. The number of aldehydes is 1. The van der Waals surface area contributed by atoms with Gasteiger partial charge in [0.15, 0.2) is 6.29 Å². The number of hydrogen-bond acceptors (Lipinski definition) is 4. The average Bonchev–Trinajstić information content (AvgIpc) is 2.94. The van der Waals surface area contributed by atoms with Crippen LogP contribution in [0.1, 0.15) is 54.1 Å². The first-order valence-electron chi connectivity index (χ1n) is 7.82. The fourth-order valence-corrected chi connectivity index (χ4v) is 2.57. The Balaban J connectivity index is 2.28. The number of aryl methyl sites for hydroxylation is 2. The predicted octanol–water partition coefficient (Wildman–Crippen LogP) is 2.72. The van der Waals surface area contributed by atoms with Crippen molar-refractivity contribution in [1.82, 2.24) is 15.0 Å². The van der Waals surface area contributed by atoms with Gasteiger partial charge < -0.3 is 5.32 Å². The van der Waals surface area contributed by atoms with Gasteiger partial charge in [0, 0.05) is 5.69 Å². The van der Waals surface area contributed by atoms with Crippen molar-refractivity contribution in [3.05, 3.63) is 40.7 Å². The van der Waals surface area contributed by atoms with Crippen LogP contribution in [-0.2, 0) is 17.6 Å². The van der Waals surface area contributed by atoms with Crippen molar-refractivity contribution in [3.63, 3.8) is 0 Å². The van der Waals surface area contributed by atoms with Crippen molar-refractivity contribution < 1.29 is 9.59 Å². The number of anilines is 1. The number of benzene rings is 1. The molecule has 0 saturated heterocycles. The smallest absolute Gasteiger partial charge is 0.249 e. The Kier molecular flexibility index (Phi) is 5.26. The van der Waals surface area contributed by atoms with Gasteiger partial charge in [0.25, 0.3) is 0 Å². The van der Waals surface area contributed by atoms with E-state index in [9.17, 15) is 9.59 Å². The summed E-state index contributed by atoms with van der Waals surface area (Å²) >= 11 is 0. The van der Waals surface area contributed by atoms with Crippen molar-refractivity contribution in [2.24, 2.45) is 0 Å². The highest BCUT2D eigenvalue weighted by Crippen LogP contribution is 2.24. The van der Waals surface area contributed by atoms with Crippen molar-refractivity contribution in [2.45, 2.75) is 46.6 Å². The van der Waals surface area contributed by atoms with E-state index in [0.717, 1.165) is 29.7 Å². The minimum absolute atomic E-state index is 0.175. The Morgan fingerprint density at radius 2 is 1.91 bits per heavy atom. The molecule has 1 N–H and O–H groups in total. The number of nitrogens with one attached hydrogen (secondary N) is 1. The molecule has 0 aliphatic heterocycles. The van der Waals surface area contributed by atoms with Crippen LogP contribution < -0.4 is 5.32 Å². The summed E-state index contributed by atoms with van der Waals surface area (Å²) in [6.07, 6.45) is 2.33. The van der Waals surface area contributed by atoms with E-state index in [0.29, 0.717) is 12.0 Å². The van der Waals surface area contributed by atoms with Gasteiger partial charge in [-0.05, 0) is 37.8 Å². The van der Waals surface area contributed by atoms with Crippen LogP contribution >= 0.6 is 0 Å². The Morgan fingerprint density at radius 3 is 2.39 bits per heavy atom. The van der Waals surface area contributed by atoms with Gasteiger partial charge in [-0.25, -0.2) is 4.68 Å². The first-order chi connectivity index (χ1) is 11.0. The molecule has 1 heterocycles. The van der Waals surface area contributed by atoms with Crippen molar-refractivity contribution >= 4 is 17.9 Å². The second kappa shape index (κ2) is 7.17. The summed E-state index contributed by atoms with van der Waals surface area (Å²) in [5.74, 6) is -0.175. The number of aromatic nitrogens is 3. The average molecular weight is 314 g/mol. The van der Waals surface area contributed by atoms with Crippen LogP contribution in [0.5, 0.6) is 0 Å². The zero-order valence-corrected chi connectivity index (χ0v) is 14.0. The molecule has 2 aromatic rings. The standard InChI is InChI=1S/C17H22N4O2/c1-5-13-8-7-9-14(6-2)16(13)18-17(23)12(4)21-11(3)15(10-22)19-20-21/h7-10,12H,5-6H2,1-4H3,(H,18,23). The summed E-state index contributed by atoms with van der Waals surface area (Å²) in [5.41, 5.74) is 3.93. The monoisotopic (exact) mass is 314 g/mol. The normalized spacial score (nSPS) is 12.0. The van der Waals surface area contributed by atoms with Crippen molar-refractivity contribution in [1.29, 1.82) is 0 Å². The zero-order valence-electron chi connectivity index (χ0n) is 14.0. The molecule has 23 heavy (non-hydrogen) atoms. The number of carbonyl (C=O) groups excluding carboxylic acids is 2. The summed E-state index contributed by atoms with van der Waals surface area (Å²) in [6.45, 7) is 7.59. The zero-order chi connectivity index (χ0) is 17.0. The molecule has 1 aromatic heterocycles. The lowest BCUT2D eigenvalue weighted by Crippen LogP contribution is -2.26. The molecule has 0 fully saturated rings. The molecule has 1 aromatic carbocycles. The van der Waals surface area contributed by atoms with Gasteiger partial charge in [0.05, 0.1) is 5.69 Å². The van der Waals surface area contributed by atoms with E-state index in [4.69, 9.17) is 0 Å². The number of hydrogen-bond donors (Lipinski definition) is 1. The number of amides is 1. The third-order valence-corrected chi connectivity index (χ3v) is 4.07. The van der Waals surface area contributed by atoms with Crippen molar-refractivity contribution in [2.75, 3.05) is 5.32 Å². The van der Waals surface area contributed by atoms with Gasteiger partial charge >= 0.3 is 0 Å². The first-order valence-corrected chi connectivity index (χ1v) is 7.82. The number of rotatable bonds is 6. The molecule has 0 aliphatic rings. The lowest BCUT2D eigenvalue weighted by atomic mass is 10.0. The van der Waals surface area contributed by atoms with E-state index in [2.05, 4.69) is 29.5 Å². The van der Waals surface area contributed by atoms with Gasteiger partial charge in [0.2, 0.25) is 5.91 Å². The predicted molar refractivity (Wildman–Crippen MR) is 88.7 cm³/mol. The Morgan fingerprint density at radius 1 is 1.30 bits per heavy atom. The van der Waals surface area contributed by atoms with Gasteiger partial charge in [-0.15, -0.1) is 5.10 Å². The van der Waals surface area contributed by atoms with Crippen LogP contribution in [0.15, 0.2) is 18.2 Å². The minimum Gasteiger partial charge on any atom is -0.324 e. The molecule has 0 saturated carbocycles. The van der Waals surface area contributed by atoms with Gasteiger partial charge in [-0.3, -0.25) is 9.59 Å². The molecule has 6 heteroatoms. The van der Waals surface area contributed by atoms with Gasteiger partial charge in [0.1, 0.15) is 11.7 Å². The Bertz CT molecular complexity index is 699. The highest BCUT2D eigenvalue weighted by molar-refractivity contribution is 5.95. The van der Waals surface area contributed by atoms with Crippen LogP contribution in [0.4, 0.5) is 5.69 Å². The fraction of sp³-hybridized carbons (Fsp3) is 0.412. The lowest BCUT2D eigenvalue weighted by Gasteiger charge is -2.18. The highest BCUT2D eigenvalue weighted by Gasteiger charge is 2.21. The molecule has 1 amide bonds. The second-order valence-corrected chi connectivity index (χ2v) is 5.45. The Labute approximate surface area is 135 Å². The Hall–Kier alpha value is -2.50. The van der Waals surface area contributed by atoms with E-state index in [-0.39, 0.29) is 11.6 Å². The first kappa shape index (κ1) is 16.9. The minimum atomic E-state index is -0.550. The number of nitrogens with zero attached hydrogens (tertiary/aromatic N) is 3. The van der Waals surface area contributed by atoms with Crippen molar-refractivity contribution in [3.8, 4) is 0 Å². The molecule has 1 unspecified atom stereocenters. The third-order valence-electron chi connectivity index (χ3n) is 4.07. The largest absolute Gasteiger partial charge is 0.324 e. The van der Waals surface area contributed by atoms with Crippen LogP contribution in [0.2, 0.25) is 0 Å². The third kappa shape index (κ3) is 3.31. The van der Waals surface area contributed by atoms with Crippen LogP contribution in [0.25, 0.3) is 0 Å². The molecule has 122 valence electrons. The molecule has 0 bridgehead atoms. The summed E-state index contributed by atoms with van der Waals surface area (Å²) in [7, 11) is 0. The molecular formula is C17H22N4O2. The van der Waals surface area contributed by atoms with Crippen LogP contribution in [-0.4, -0.2) is 27.2 Å². The summed E-state index contributed by atoms with van der Waals surface area (Å²) in [4.78, 5) is 23.5. The van der Waals surface area contributed by atoms with E-state index in [1.54, 1.807) is 13.8 Å². The molecule has 6 nitrogen and oxygen atoms in total. The number of carbonyl (C=O) groups is 2. The summed E-state index contributed by atoms with van der Waals surface area (Å²) in [6, 6.07) is 5.50. The maximum absolute atomic E-state index is 12.6.